The number of nitrogens with zero attached hydrogens (tertiary/aromatic N) is 2. The van der Waals surface area contributed by atoms with E-state index < -0.39 is 0 Å². The second-order valence-electron chi connectivity index (χ2n) is 3.35. The molecular formula is C10H11BrN2O. The summed E-state index contributed by atoms with van der Waals surface area (Å²) in [6.45, 7) is 1.77. The highest BCUT2D eigenvalue weighted by molar-refractivity contribution is 9.10. The van der Waals surface area contributed by atoms with Crippen molar-refractivity contribution in [1.82, 2.24) is 9.88 Å². The van der Waals surface area contributed by atoms with Gasteiger partial charge < -0.3 is 4.90 Å². The number of halogens is 1. The lowest BCUT2D eigenvalue weighted by molar-refractivity contribution is 0.0792. The van der Waals surface area contributed by atoms with Crippen molar-refractivity contribution in [1.29, 1.82) is 0 Å². The molecule has 1 aromatic heterocycles. The van der Waals surface area contributed by atoms with Gasteiger partial charge in [0.25, 0.3) is 5.91 Å². The Morgan fingerprint density at radius 2 is 2.14 bits per heavy atom. The standard InChI is InChI=1S/C10H11BrN2O/c11-9-7-12-4-3-8(9)10(14)13-5-1-2-6-13/h3-4,7H,1-2,5-6H2. The van der Waals surface area contributed by atoms with Crippen LogP contribution in [-0.2, 0) is 0 Å². The number of likely N-dealkylation sites (tertiary alicyclic amines) is 1. The zero-order valence-corrected chi connectivity index (χ0v) is 9.33. The fourth-order valence-electron chi connectivity index (χ4n) is 1.64. The largest absolute Gasteiger partial charge is 0.339 e. The molecule has 1 aromatic rings. The van der Waals surface area contributed by atoms with E-state index in [1.54, 1.807) is 18.5 Å². The average Bonchev–Trinajstić information content (AvgIpc) is 2.70. The molecule has 0 unspecified atom stereocenters. The number of aromatic nitrogens is 1. The lowest BCUT2D eigenvalue weighted by atomic mass is 10.2. The van der Waals surface area contributed by atoms with Crippen LogP contribution in [0.5, 0.6) is 0 Å². The van der Waals surface area contributed by atoms with Crippen LogP contribution in [0.3, 0.4) is 0 Å². The molecule has 2 heterocycles. The molecule has 0 saturated carbocycles. The summed E-state index contributed by atoms with van der Waals surface area (Å²) in [6, 6.07) is 1.75. The topological polar surface area (TPSA) is 33.2 Å². The lowest BCUT2D eigenvalue weighted by Crippen LogP contribution is -2.27. The van der Waals surface area contributed by atoms with Crippen molar-refractivity contribution in [3.8, 4) is 0 Å². The first kappa shape index (κ1) is 9.65. The van der Waals surface area contributed by atoms with Crippen LogP contribution in [-0.4, -0.2) is 28.9 Å². The van der Waals surface area contributed by atoms with E-state index in [-0.39, 0.29) is 5.91 Å². The van der Waals surface area contributed by atoms with Crippen molar-refractivity contribution >= 4 is 21.8 Å². The Bertz CT molecular complexity index is 348. The zero-order valence-electron chi connectivity index (χ0n) is 7.74. The Morgan fingerprint density at radius 1 is 1.43 bits per heavy atom. The van der Waals surface area contributed by atoms with Crippen LogP contribution < -0.4 is 0 Å². The van der Waals surface area contributed by atoms with Crippen LogP contribution in [0.15, 0.2) is 22.9 Å². The Hall–Kier alpha value is -0.900. The van der Waals surface area contributed by atoms with Gasteiger partial charge in [0, 0.05) is 30.0 Å². The highest BCUT2D eigenvalue weighted by Gasteiger charge is 2.20. The second-order valence-corrected chi connectivity index (χ2v) is 4.21. The number of rotatable bonds is 1. The maximum atomic E-state index is 11.9. The van der Waals surface area contributed by atoms with Crippen LogP contribution >= 0.6 is 15.9 Å². The third-order valence-corrected chi connectivity index (χ3v) is 3.03. The summed E-state index contributed by atoms with van der Waals surface area (Å²) < 4.78 is 0.775. The Kier molecular flexibility index (Phi) is 2.82. The lowest BCUT2D eigenvalue weighted by Gasteiger charge is -2.15. The van der Waals surface area contributed by atoms with Gasteiger partial charge in [0.2, 0.25) is 0 Å². The number of hydrogen-bond donors (Lipinski definition) is 0. The molecule has 14 heavy (non-hydrogen) atoms. The van der Waals surface area contributed by atoms with Gasteiger partial charge in [0.05, 0.1) is 5.56 Å². The van der Waals surface area contributed by atoms with Crippen LogP contribution in [0.4, 0.5) is 0 Å². The molecule has 0 radical (unpaired) electrons. The monoisotopic (exact) mass is 254 g/mol. The van der Waals surface area contributed by atoms with Gasteiger partial charge in [-0.05, 0) is 34.8 Å². The molecular weight excluding hydrogens is 244 g/mol. The van der Waals surface area contributed by atoms with E-state index >= 15 is 0 Å². The molecule has 2 rings (SSSR count). The van der Waals surface area contributed by atoms with Crippen molar-refractivity contribution in [2.75, 3.05) is 13.1 Å². The first-order chi connectivity index (χ1) is 6.79. The summed E-state index contributed by atoms with van der Waals surface area (Å²) >= 11 is 3.33. The van der Waals surface area contributed by atoms with Gasteiger partial charge in [-0.3, -0.25) is 9.78 Å². The predicted molar refractivity (Wildman–Crippen MR) is 57.1 cm³/mol. The SMILES string of the molecule is O=C(c1ccncc1Br)N1CCCC1. The van der Waals surface area contributed by atoms with Gasteiger partial charge in [-0.2, -0.15) is 0 Å². The Labute approximate surface area is 91.3 Å². The molecule has 1 saturated heterocycles. The molecule has 4 heteroatoms. The van der Waals surface area contributed by atoms with Crippen LogP contribution in [0.25, 0.3) is 0 Å². The number of carbonyl (C=O) groups is 1. The quantitative estimate of drug-likeness (QED) is 0.769. The summed E-state index contributed by atoms with van der Waals surface area (Å²) in [6.07, 6.45) is 5.54. The molecule has 0 N–H and O–H groups in total. The van der Waals surface area contributed by atoms with E-state index in [1.165, 1.54) is 0 Å². The van der Waals surface area contributed by atoms with E-state index in [0.29, 0.717) is 5.56 Å². The number of amides is 1. The predicted octanol–water partition coefficient (Wildman–Crippen LogP) is 2.08. The molecule has 0 spiro atoms. The molecule has 1 amide bonds. The molecule has 1 aliphatic heterocycles. The zero-order chi connectivity index (χ0) is 9.97. The maximum Gasteiger partial charge on any atom is 0.255 e. The number of carbonyl (C=O) groups excluding carboxylic acids is 1. The minimum atomic E-state index is 0.108. The summed E-state index contributed by atoms with van der Waals surface area (Å²) in [5.41, 5.74) is 0.710. The molecule has 1 aliphatic rings. The molecule has 0 aliphatic carbocycles. The van der Waals surface area contributed by atoms with Crippen molar-refractivity contribution in [2.45, 2.75) is 12.8 Å². The van der Waals surface area contributed by atoms with E-state index in [2.05, 4.69) is 20.9 Å². The van der Waals surface area contributed by atoms with E-state index in [4.69, 9.17) is 0 Å². The van der Waals surface area contributed by atoms with E-state index in [1.807, 2.05) is 4.90 Å². The van der Waals surface area contributed by atoms with Crippen molar-refractivity contribution in [3.05, 3.63) is 28.5 Å². The Morgan fingerprint density at radius 3 is 2.79 bits per heavy atom. The fraction of sp³-hybridized carbons (Fsp3) is 0.400. The van der Waals surface area contributed by atoms with Crippen molar-refractivity contribution in [2.24, 2.45) is 0 Å². The summed E-state index contributed by atoms with van der Waals surface area (Å²) in [5, 5.41) is 0. The normalized spacial score (nSPS) is 15.9. The van der Waals surface area contributed by atoms with Crippen molar-refractivity contribution < 1.29 is 4.79 Å². The van der Waals surface area contributed by atoms with E-state index in [9.17, 15) is 4.79 Å². The van der Waals surface area contributed by atoms with E-state index in [0.717, 1.165) is 30.4 Å². The number of pyridine rings is 1. The molecule has 0 atom stereocenters. The highest BCUT2D eigenvalue weighted by atomic mass is 79.9. The smallest absolute Gasteiger partial charge is 0.255 e. The minimum Gasteiger partial charge on any atom is -0.339 e. The second kappa shape index (κ2) is 4.09. The first-order valence-electron chi connectivity index (χ1n) is 4.68. The summed E-state index contributed by atoms with van der Waals surface area (Å²) in [7, 11) is 0. The molecule has 1 fully saturated rings. The highest BCUT2D eigenvalue weighted by Crippen LogP contribution is 2.19. The average molecular weight is 255 g/mol. The first-order valence-corrected chi connectivity index (χ1v) is 5.47. The third kappa shape index (κ3) is 1.80. The van der Waals surface area contributed by atoms with Crippen molar-refractivity contribution in [3.63, 3.8) is 0 Å². The van der Waals surface area contributed by atoms with Crippen LogP contribution in [0.2, 0.25) is 0 Å². The number of hydrogen-bond acceptors (Lipinski definition) is 2. The van der Waals surface area contributed by atoms with Crippen LogP contribution in [0.1, 0.15) is 23.2 Å². The Balaban J connectivity index is 2.22. The summed E-state index contributed by atoms with van der Waals surface area (Å²) in [5.74, 6) is 0.108. The van der Waals surface area contributed by atoms with Gasteiger partial charge in [0.1, 0.15) is 0 Å². The van der Waals surface area contributed by atoms with Gasteiger partial charge in [-0.25, -0.2) is 0 Å². The fourth-order valence-corrected chi connectivity index (χ4v) is 2.06. The third-order valence-electron chi connectivity index (χ3n) is 2.40. The molecule has 0 aromatic carbocycles. The maximum absolute atomic E-state index is 11.9. The molecule has 74 valence electrons. The van der Waals surface area contributed by atoms with Gasteiger partial charge in [0.15, 0.2) is 0 Å². The molecule has 0 bridgehead atoms. The van der Waals surface area contributed by atoms with Gasteiger partial charge >= 0.3 is 0 Å². The minimum absolute atomic E-state index is 0.108. The van der Waals surface area contributed by atoms with Crippen LogP contribution in [0, 0.1) is 0 Å². The molecule has 3 nitrogen and oxygen atoms in total. The summed E-state index contributed by atoms with van der Waals surface area (Å²) in [4.78, 5) is 17.8. The van der Waals surface area contributed by atoms with Gasteiger partial charge in [-0.15, -0.1) is 0 Å². The van der Waals surface area contributed by atoms with Gasteiger partial charge in [-0.1, -0.05) is 0 Å².